The Morgan fingerprint density at radius 2 is 0.794 bits per heavy atom. The normalized spacial score (nSPS) is 11.5. The molecular formula is C59H37N3O. The Labute approximate surface area is 364 Å². The van der Waals surface area contributed by atoms with Gasteiger partial charge in [0.1, 0.15) is 11.2 Å². The highest BCUT2D eigenvalue weighted by atomic mass is 16.3. The van der Waals surface area contributed by atoms with Crippen molar-refractivity contribution < 1.29 is 4.42 Å². The number of para-hydroxylation sites is 1. The van der Waals surface area contributed by atoms with Crippen LogP contribution in [0.4, 0.5) is 0 Å². The van der Waals surface area contributed by atoms with Crippen LogP contribution in [-0.4, -0.2) is 15.0 Å². The van der Waals surface area contributed by atoms with E-state index in [0.717, 1.165) is 105 Å². The van der Waals surface area contributed by atoms with Gasteiger partial charge in [-0.1, -0.05) is 200 Å². The summed E-state index contributed by atoms with van der Waals surface area (Å²) in [6.07, 6.45) is 0. The minimum absolute atomic E-state index is 0.680. The lowest BCUT2D eigenvalue weighted by molar-refractivity contribution is 0.672. The lowest BCUT2D eigenvalue weighted by Crippen LogP contribution is -1.96. The number of fused-ring (bicyclic) bond motifs is 7. The third kappa shape index (κ3) is 6.62. The molecule has 0 radical (unpaired) electrons. The number of rotatable bonds is 7. The standard InChI is InChI=1S/C59H37N3O/c1-3-12-38(13-4-1)40-22-28-44(29-23-40)52-37-53(61-59(60-52)46-32-26-41(27-33-46)39-14-5-2-6-15-39)45-30-24-42(25-31-45)47-17-11-18-48(36-47)56-55-50-20-9-10-21-54(50)63-58(55)51-35-34-43-16-7-8-19-49(43)57(51)62-56/h1-37H. The minimum atomic E-state index is 0.680. The van der Waals surface area contributed by atoms with Crippen LogP contribution in [0.2, 0.25) is 0 Å². The zero-order valence-electron chi connectivity index (χ0n) is 34.1. The Bertz CT molecular complexity index is 3530. The molecule has 0 fully saturated rings. The zero-order chi connectivity index (χ0) is 41.7. The SMILES string of the molecule is c1ccc(-c2ccc(-c3cc(-c4ccc(-c5cccc(-c6nc7c8ccccc8ccc7c7oc8ccccc8c67)c5)cc4)nc(-c4ccc(-c5ccccc5)cc4)n3)cc2)cc1. The van der Waals surface area contributed by atoms with Crippen molar-refractivity contribution in [3.63, 3.8) is 0 Å². The first-order valence-corrected chi connectivity index (χ1v) is 21.2. The highest BCUT2D eigenvalue weighted by Gasteiger charge is 2.20. The molecule has 0 bridgehead atoms. The maximum atomic E-state index is 6.62. The smallest absolute Gasteiger partial charge is 0.160 e. The fraction of sp³-hybridized carbons (Fsp3) is 0. The van der Waals surface area contributed by atoms with Gasteiger partial charge in [0.15, 0.2) is 5.82 Å². The second kappa shape index (κ2) is 15.2. The second-order valence-corrected chi connectivity index (χ2v) is 16.0. The average molecular weight is 804 g/mol. The summed E-state index contributed by atoms with van der Waals surface area (Å²) in [5, 5.41) is 5.36. The first-order chi connectivity index (χ1) is 31.2. The van der Waals surface area contributed by atoms with Gasteiger partial charge in [-0.2, -0.15) is 0 Å². The third-order valence-corrected chi connectivity index (χ3v) is 12.1. The molecule has 3 heterocycles. The van der Waals surface area contributed by atoms with Crippen molar-refractivity contribution in [3.05, 3.63) is 224 Å². The van der Waals surface area contributed by atoms with Crippen LogP contribution in [0.5, 0.6) is 0 Å². The van der Waals surface area contributed by atoms with Crippen molar-refractivity contribution in [1.82, 2.24) is 15.0 Å². The Morgan fingerprint density at radius 1 is 0.302 bits per heavy atom. The molecule has 3 aromatic heterocycles. The molecule has 0 unspecified atom stereocenters. The summed E-state index contributed by atoms with van der Waals surface area (Å²) in [7, 11) is 0. The summed E-state index contributed by atoms with van der Waals surface area (Å²) >= 11 is 0. The summed E-state index contributed by atoms with van der Waals surface area (Å²) in [4.78, 5) is 15.8. The first-order valence-electron chi connectivity index (χ1n) is 21.2. The summed E-state index contributed by atoms with van der Waals surface area (Å²) in [6, 6.07) is 78.5. The molecule has 12 rings (SSSR count). The summed E-state index contributed by atoms with van der Waals surface area (Å²) in [6.45, 7) is 0. The van der Waals surface area contributed by atoms with Crippen LogP contribution in [0, 0.1) is 0 Å². The molecule has 0 aliphatic carbocycles. The largest absolute Gasteiger partial charge is 0.455 e. The quantitative estimate of drug-likeness (QED) is 0.151. The Balaban J connectivity index is 0.936. The van der Waals surface area contributed by atoms with Crippen molar-refractivity contribution in [2.75, 3.05) is 0 Å². The molecular weight excluding hydrogens is 767 g/mol. The van der Waals surface area contributed by atoms with Gasteiger partial charge in [0.05, 0.1) is 28.0 Å². The van der Waals surface area contributed by atoms with Crippen molar-refractivity contribution >= 4 is 43.6 Å². The van der Waals surface area contributed by atoms with E-state index >= 15 is 0 Å². The van der Waals surface area contributed by atoms with Gasteiger partial charge in [0.25, 0.3) is 0 Å². The fourth-order valence-corrected chi connectivity index (χ4v) is 8.86. The molecule has 0 atom stereocenters. The van der Waals surface area contributed by atoms with Gasteiger partial charge in [0, 0.05) is 38.4 Å². The molecule has 12 aromatic rings. The van der Waals surface area contributed by atoms with E-state index in [-0.39, 0.29) is 0 Å². The first kappa shape index (κ1) is 36.4. The van der Waals surface area contributed by atoms with Gasteiger partial charge in [-0.15, -0.1) is 0 Å². The molecule has 0 spiro atoms. The van der Waals surface area contributed by atoms with Crippen LogP contribution >= 0.6 is 0 Å². The molecule has 0 aliphatic heterocycles. The predicted octanol–water partition coefficient (Wildman–Crippen LogP) is 15.7. The van der Waals surface area contributed by atoms with Gasteiger partial charge in [-0.3, -0.25) is 0 Å². The number of nitrogens with zero attached hydrogens (tertiary/aromatic N) is 3. The molecule has 4 heteroatoms. The van der Waals surface area contributed by atoms with Crippen LogP contribution in [0.1, 0.15) is 0 Å². The van der Waals surface area contributed by atoms with E-state index in [1.54, 1.807) is 0 Å². The number of hydrogen-bond donors (Lipinski definition) is 0. The van der Waals surface area contributed by atoms with Crippen molar-refractivity contribution in [1.29, 1.82) is 0 Å². The Kier molecular flexibility index (Phi) is 8.79. The van der Waals surface area contributed by atoms with E-state index in [0.29, 0.717) is 5.82 Å². The summed E-state index contributed by atoms with van der Waals surface area (Å²) in [5.41, 5.74) is 16.2. The maximum absolute atomic E-state index is 6.62. The molecule has 294 valence electrons. The molecule has 0 aliphatic rings. The molecule has 63 heavy (non-hydrogen) atoms. The van der Waals surface area contributed by atoms with Gasteiger partial charge in [-0.25, -0.2) is 15.0 Å². The maximum Gasteiger partial charge on any atom is 0.160 e. The molecule has 4 nitrogen and oxygen atoms in total. The van der Waals surface area contributed by atoms with Crippen LogP contribution in [0.15, 0.2) is 229 Å². The molecule has 0 saturated carbocycles. The van der Waals surface area contributed by atoms with Crippen molar-refractivity contribution in [2.45, 2.75) is 0 Å². The summed E-state index contributed by atoms with van der Waals surface area (Å²) < 4.78 is 6.62. The van der Waals surface area contributed by atoms with E-state index in [1.165, 1.54) is 11.1 Å². The molecule has 0 amide bonds. The van der Waals surface area contributed by atoms with Crippen molar-refractivity contribution in [3.8, 4) is 78.5 Å². The van der Waals surface area contributed by atoms with Crippen LogP contribution < -0.4 is 0 Å². The van der Waals surface area contributed by atoms with Gasteiger partial charge in [0.2, 0.25) is 0 Å². The fourth-order valence-electron chi connectivity index (χ4n) is 8.86. The lowest BCUT2D eigenvalue weighted by Gasteiger charge is -2.12. The van der Waals surface area contributed by atoms with E-state index in [4.69, 9.17) is 19.4 Å². The molecule has 0 saturated heterocycles. The number of hydrogen-bond acceptors (Lipinski definition) is 4. The molecule has 9 aromatic carbocycles. The van der Waals surface area contributed by atoms with Crippen molar-refractivity contribution in [2.24, 2.45) is 0 Å². The average Bonchev–Trinajstić information content (AvgIpc) is 3.77. The van der Waals surface area contributed by atoms with Crippen LogP contribution in [-0.2, 0) is 0 Å². The molecule has 0 N–H and O–H groups in total. The topological polar surface area (TPSA) is 51.8 Å². The predicted molar refractivity (Wildman–Crippen MR) is 260 cm³/mol. The Hall–Kier alpha value is -8.47. The minimum Gasteiger partial charge on any atom is -0.455 e. The van der Waals surface area contributed by atoms with Gasteiger partial charge >= 0.3 is 0 Å². The van der Waals surface area contributed by atoms with Gasteiger partial charge in [-0.05, 0) is 63.0 Å². The van der Waals surface area contributed by atoms with E-state index in [2.05, 4.69) is 200 Å². The number of pyridine rings is 1. The van der Waals surface area contributed by atoms with Crippen LogP contribution in [0.3, 0.4) is 0 Å². The third-order valence-electron chi connectivity index (χ3n) is 12.1. The number of furan rings is 1. The lowest BCUT2D eigenvalue weighted by atomic mass is 9.96. The highest BCUT2D eigenvalue weighted by molar-refractivity contribution is 6.22. The second-order valence-electron chi connectivity index (χ2n) is 16.0. The van der Waals surface area contributed by atoms with Crippen LogP contribution in [0.25, 0.3) is 122 Å². The monoisotopic (exact) mass is 803 g/mol. The number of benzene rings is 9. The van der Waals surface area contributed by atoms with E-state index in [1.807, 2.05) is 24.3 Å². The Morgan fingerprint density at radius 3 is 1.44 bits per heavy atom. The number of aromatic nitrogens is 3. The van der Waals surface area contributed by atoms with Gasteiger partial charge < -0.3 is 4.42 Å². The summed E-state index contributed by atoms with van der Waals surface area (Å²) in [5.74, 6) is 0.680. The van der Waals surface area contributed by atoms with E-state index < -0.39 is 0 Å². The highest BCUT2D eigenvalue weighted by Crippen LogP contribution is 2.42. The zero-order valence-corrected chi connectivity index (χ0v) is 34.1. The van der Waals surface area contributed by atoms with E-state index in [9.17, 15) is 0 Å².